The van der Waals surface area contributed by atoms with Gasteiger partial charge < -0.3 is 10.1 Å². The van der Waals surface area contributed by atoms with Gasteiger partial charge in [-0.2, -0.15) is 5.10 Å². The minimum Gasteiger partial charge on any atom is -0.442 e. The van der Waals surface area contributed by atoms with Gasteiger partial charge in [-0.05, 0) is 24.3 Å². The quantitative estimate of drug-likeness (QED) is 0.650. The van der Waals surface area contributed by atoms with Gasteiger partial charge in [-0.15, -0.1) is 0 Å². The van der Waals surface area contributed by atoms with Gasteiger partial charge in [-0.3, -0.25) is 15.0 Å². The molecule has 1 unspecified atom stereocenters. The molecule has 0 bridgehead atoms. The molecule has 8 heteroatoms. The SMILES string of the molecule is Cn1nccc1-c1ccc(N2CC(CNC=N)OC2=O)cc1F. The second kappa shape index (κ2) is 6.07. The fourth-order valence-corrected chi connectivity index (χ4v) is 2.55. The fraction of sp³-hybridized carbons (Fsp3) is 0.267. The van der Waals surface area contributed by atoms with E-state index in [1.165, 1.54) is 11.0 Å². The molecule has 2 heterocycles. The zero-order chi connectivity index (χ0) is 16.4. The van der Waals surface area contributed by atoms with Gasteiger partial charge in [0.15, 0.2) is 0 Å². The van der Waals surface area contributed by atoms with Gasteiger partial charge in [0.05, 0.1) is 30.8 Å². The van der Waals surface area contributed by atoms with Crippen LogP contribution < -0.4 is 10.2 Å². The summed E-state index contributed by atoms with van der Waals surface area (Å²) in [5.74, 6) is -0.431. The van der Waals surface area contributed by atoms with E-state index < -0.39 is 11.9 Å². The van der Waals surface area contributed by atoms with Crippen LogP contribution in [0.2, 0.25) is 0 Å². The number of anilines is 1. The third-order valence-electron chi connectivity index (χ3n) is 3.68. The first-order valence-electron chi connectivity index (χ1n) is 7.08. The number of benzene rings is 1. The Morgan fingerprint density at radius 3 is 3.00 bits per heavy atom. The number of nitrogens with zero attached hydrogens (tertiary/aromatic N) is 3. The van der Waals surface area contributed by atoms with Crippen molar-refractivity contribution in [1.29, 1.82) is 5.41 Å². The number of halogens is 1. The first-order valence-corrected chi connectivity index (χ1v) is 7.08. The Balaban J connectivity index is 1.82. The van der Waals surface area contributed by atoms with E-state index in [1.54, 1.807) is 36.1 Å². The number of cyclic esters (lactones) is 1. The van der Waals surface area contributed by atoms with E-state index in [-0.39, 0.29) is 6.10 Å². The number of ether oxygens (including phenoxy) is 1. The molecule has 2 N–H and O–H groups in total. The van der Waals surface area contributed by atoms with Crippen LogP contribution in [0.15, 0.2) is 30.5 Å². The molecule has 7 nitrogen and oxygen atoms in total. The van der Waals surface area contributed by atoms with E-state index in [1.807, 2.05) is 0 Å². The van der Waals surface area contributed by atoms with Crippen LogP contribution in [0.25, 0.3) is 11.3 Å². The highest BCUT2D eigenvalue weighted by Gasteiger charge is 2.32. The number of aromatic nitrogens is 2. The standard InChI is InChI=1S/C15H16FN5O2/c1-20-14(4-5-19-20)12-3-2-10(6-13(12)16)21-8-11(7-18-9-17)23-15(21)22/h2-6,9,11H,7-8H2,1H3,(H2,17,18). The van der Waals surface area contributed by atoms with Crippen molar-refractivity contribution in [2.24, 2.45) is 7.05 Å². The van der Waals surface area contributed by atoms with E-state index in [2.05, 4.69) is 10.4 Å². The largest absolute Gasteiger partial charge is 0.442 e. The highest BCUT2D eigenvalue weighted by Crippen LogP contribution is 2.28. The topological polar surface area (TPSA) is 83.2 Å². The van der Waals surface area contributed by atoms with Crippen LogP contribution in [0.1, 0.15) is 0 Å². The Hall–Kier alpha value is -2.90. The van der Waals surface area contributed by atoms with Crippen molar-refractivity contribution in [3.8, 4) is 11.3 Å². The lowest BCUT2D eigenvalue weighted by atomic mass is 10.1. The molecule has 1 aliphatic heterocycles. The van der Waals surface area contributed by atoms with Crippen LogP contribution in [0.4, 0.5) is 14.9 Å². The van der Waals surface area contributed by atoms with Crippen molar-refractivity contribution in [1.82, 2.24) is 15.1 Å². The van der Waals surface area contributed by atoms with Crippen molar-refractivity contribution in [3.63, 3.8) is 0 Å². The maximum Gasteiger partial charge on any atom is 0.414 e. The lowest BCUT2D eigenvalue weighted by Gasteiger charge is -2.14. The molecule has 0 radical (unpaired) electrons. The molecule has 1 atom stereocenters. The average molecular weight is 317 g/mol. The van der Waals surface area contributed by atoms with Crippen LogP contribution in [0.5, 0.6) is 0 Å². The van der Waals surface area contributed by atoms with Crippen LogP contribution in [-0.4, -0.2) is 41.4 Å². The fourth-order valence-electron chi connectivity index (χ4n) is 2.55. The molecule has 120 valence electrons. The summed E-state index contributed by atoms with van der Waals surface area (Å²) in [5.41, 5.74) is 1.52. The Bertz CT molecular complexity index is 745. The summed E-state index contributed by atoms with van der Waals surface area (Å²) in [5, 5.41) is 13.6. The van der Waals surface area contributed by atoms with Gasteiger partial charge in [0.2, 0.25) is 0 Å². The average Bonchev–Trinajstić information content (AvgIpc) is 3.11. The number of amides is 1. The normalized spacial score (nSPS) is 17.2. The van der Waals surface area contributed by atoms with E-state index in [9.17, 15) is 9.18 Å². The number of rotatable bonds is 5. The summed E-state index contributed by atoms with van der Waals surface area (Å²) >= 11 is 0. The van der Waals surface area contributed by atoms with Crippen molar-refractivity contribution in [3.05, 3.63) is 36.3 Å². The maximum atomic E-state index is 14.4. The molecule has 3 rings (SSSR count). The van der Waals surface area contributed by atoms with Gasteiger partial charge in [-0.1, -0.05) is 0 Å². The Morgan fingerprint density at radius 2 is 2.35 bits per heavy atom. The van der Waals surface area contributed by atoms with Crippen molar-refractivity contribution in [2.75, 3.05) is 18.0 Å². The predicted octanol–water partition coefficient (Wildman–Crippen LogP) is 1.75. The van der Waals surface area contributed by atoms with Crippen LogP contribution in [0, 0.1) is 11.2 Å². The van der Waals surface area contributed by atoms with Crippen molar-refractivity contribution >= 4 is 18.1 Å². The number of nitrogens with one attached hydrogen (secondary N) is 2. The maximum absolute atomic E-state index is 14.4. The Labute approximate surface area is 132 Å². The van der Waals surface area contributed by atoms with E-state index in [4.69, 9.17) is 10.1 Å². The zero-order valence-corrected chi connectivity index (χ0v) is 12.5. The Morgan fingerprint density at radius 1 is 1.52 bits per heavy atom. The zero-order valence-electron chi connectivity index (χ0n) is 12.5. The molecule has 0 saturated carbocycles. The number of hydrogen-bond acceptors (Lipinski definition) is 4. The molecular weight excluding hydrogens is 301 g/mol. The first-order chi connectivity index (χ1) is 11.1. The lowest BCUT2D eigenvalue weighted by molar-refractivity contribution is 0.143. The third-order valence-corrected chi connectivity index (χ3v) is 3.68. The molecule has 1 amide bonds. The van der Waals surface area contributed by atoms with Gasteiger partial charge in [-0.25, -0.2) is 9.18 Å². The smallest absolute Gasteiger partial charge is 0.414 e. The lowest BCUT2D eigenvalue weighted by Crippen LogP contribution is -2.30. The summed E-state index contributed by atoms with van der Waals surface area (Å²) in [7, 11) is 1.74. The molecule has 0 spiro atoms. The highest BCUT2D eigenvalue weighted by atomic mass is 19.1. The summed E-state index contributed by atoms with van der Waals surface area (Å²) in [6, 6.07) is 6.34. The minimum absolute atomic E-state index is 0.310. The van der Waals surface area contributed by atoms with Gasteiger partial charge in [0.1, 0.15) is 11.9 Å². The van der Waals surface area contributed by atoms with Crippen molar-refractivity contribution in [2.45, 2.75) is 6.10 Å². The molecule has 1 aliphatic rings. The number of hydrogen-bond donors (Lipinski definition) is 2. The molecule has 1 fully saturated rings. The molecule has 23 heavy (non-hydrogen) atoms. The van der Waals surface area contributed by atoms with E-state index >= 15 is 0 Å². The van der Waals surface area contributed by atoms with E-state index in [0.717, 1.165) is 6.34 Å². The molecule has 2 aromatic rings. The summed E-state index contributed by atoms with van der Waals surface area (Å²) in [6.45, 7) is 0.658. The van der Waals surface area contributed by atoms with Gasteiger partial charge in [0.25, 0.3) is 0 Å². The summed E-state index contributed by atoms with van der Waals surface area (Å²) in [4.78, 5) is 13.3. The minimum atomic E-state index is -0.519. The molecule has 0 aliphatic carbocycles. The molecule has 1 saturated heterocycles. The predicted molar refractivity (Wildman–Crippen MR) is 83.0 cm³/mol. The first kappa shape index (κ1) is 15.0. The number of aryl methyl sites for hydroxylation is 1. The van der Waals surface area contributed by atoms with Crippen molar-refractivity contribution < 1.29 is 13.9 Å². The Kier molecular flexibility index (Phi) is 3.96. The van der Waals surface area contributed by atoms with E-state index in [0.29, 0.717) is 30.0 Å². The highest BCUT2D eigenvalue weighted by molar-refractivity contribution is 5.90. The molecule has 1 aromatic carbocycles. The van der Waals surface area contributed by atoms with Crippen LogP contribution >= 0.6 is 0 Å². The van der Waals surface area contributed by atoms with Gasteiger partial charge >= 0.3 is 6.09 Å². The van der Waals surface area contributed by atoms with Crippen LogP contribution in [0.3, 0.4) is 0 Å². The molecular formula is C15H16FN5O2. The van der Waals surface area contributed by atoms with Gasteiger partial charge in [0, 0.05) is 18.8 Å². The summed E-state index contributed by atoms with van der Waals surface area (Å²) in [6.07, 6.45) is 1.75. The number of carbonyl (C=O) groups is 1. The summed E-state index contributed by atoms with van der Waals surface area (Å²) < 4.78 is 21.2. The molecule has 1 aromatic heterocycles. The van der Waals surface area contributed by atoms with Crippen LogP contribution in [-0.2, 0) is 11.8 Å². The second-order valence-corrected chi connectivity index (χ2v) is 5.17. The second-order valence-electron chi connectivity index (χ2n) is 5.17. The third kappa shape index (κ3) is 2.87. The monoisotopic (exact) mass is 317 g/mol. The number of carbonyl (C=O) groups excluding carboxylic acids is 1.